The van der Waals surface area contributed by atoms with Crippen molar-refractivity contribution in [2.24, 2.45) is 0 Å². The Balaban J connectivity index is 1.41. The van der Waals surface area contributed by atoms with E-state index in [1.807, 2.05) is 12.1 Å². The maximum Gasteiger partial charge on any atom is 0.272 e. The van der Waals surface area contributed by atoms with Crippen molar-refractivity contribution < 1.29 is 9.72 Å². The van der Waals surface area contributed by atoms with Gasteiger partial charge < -0.3 is 15.1 Å². The fourth-order valence-electron chi connectivity index (χ4n) is 3.45. The van der Waals surface area contributed by atoms with Crippen LogP contribution in [0.25, 0.3) is 5.69 Å². The highest BCUT2D eigenvalue weighted by molar-refractivity contribution is 5.92. The van der Waals surface area contributed by atoms with Gasteiger partial charge >= 0.3 is 0 Å². The Morgan fingerprint density at radius 1 is 1.13 bits per heavy atom. The molecule has 3 aromatic rings. The number of benzene rings is 1. The highest BCUT2D eigenvalue weighted by atomic mass is 16.6. The van der Waals surface area contributed by atoms with Gasteiger partial charge in [-0.15, -0.1) is 0 Å². The zero-order chi connectivity index (χ0) is 21.8. The molecule has 3 heterocycles. The number of piperazine rings is 1. The van der Waals surface area contributed by atoms with Crippen LogP contribution in [0.2, 0.25) is 0 Å². The van der Waals surface area contributed by atoms with E-state index < -0.39 is 4.92 Å². The Morgan fingerprint density at radius 2 is 1.87 bits per heavy atom. The first-order valence-electron chi connectivity index (χ1n) is 9.97. The number of aromatic nitrogens is 3. The van der Waals surface area contributed by atoms with Crippen LogP contribution in [0.5, 0.6) is 0 Å². The van der Waals surface area contributed by atoms with Crippen LogP contribution in [0, 0.1) is 10.1 Å². The fourth-order valence-corrected chi connectivity index (χ4v) is 3.45. The smallest absolute Gasteiger partial charge is 0.272 e. The van der Waals surface area contributed by atoms with E-state index in [1.165, 1.54) is 16.8 Å². The van der Waals surface area contributed by atoms with E-state index in [0.29, 0.717) is 12.2 Å². The number of nitro benzene ring substituents is 1. The minimum atomic E-state index is -0.458. The number of carbonyl (C=O) groups excluding carboxylic acids is 1. The van der Waals surface area contributed by atoms with Crippen LogP contribution in [0.3, 0.4) is 0 Å². The second kappa shape index (κ2) is 8.92. The first-order chi connectivity index (χ1) is 15.0. The molecule has 1 amide bonds. The molecule has 31 heavy (non-hydrogen) atoms. The number of anilines is 1. The maximum absolute atomic E-state index is 12.6. The van der Waals surface area contributed by atoms with Crippen molar-refractivity contribution in [3.05, 3.63) is 76.2 Å². The summed E-state index contributed by atoms with van der Waals surface area (Å²) in [5, 5.41) is 18.0. The van der Waals surface area contributed by atoms with Crippen LogP contribution in [0.15, 0.2) is 54.9 Å². The number of carbonyl (C=O) groups is 1. The molecule has 0 unspecified atom stereocenters. The summed E-state index contributed by atoms with van der Waals surface area (Å²) in [6.07, 6.45) is 3.42. The summed E-state index contributed by atoms with van der Waals surface area (Å²) in [6.45, 7) is 4.09. The molecule has 1 aliphatic heterocycles. The zero-order valence-electron chi connectivity index (χ0n) is 17.1. The number of nitro groups is 1. The summed E-state index contributed by atoms with van der Waals surface area (Å²) >= 11 is 0. The SMILES string of the molecule is CN1CCN(c2ncccc2CNC(=O)c2ccn(-c3ccc([N+](=O)[O-])cc3)n2)CC1. The lowest BCUT2D eigenvalue weighted by Gasteiger charge is -2.34. The van der Waals surface area contributed by atoms with Crippen LogP contribution in [0.1, 0.15) is 16.1 Å². The molecule has 0 saturated carbocycles. The highest BCUT2D eigenvalue weighted by Crippen LogP contribution is 2.19. The molecule has 0 radical (unpaired) electrons. The molecule has 10 heteroatoms. The van der Waals surface area contributed by atoms with E-state index in [0.717, 1.165) is 37.6 Å². The van der Waals surface area contributed by atoms with E-state index in [-0.39, 0.29) is 17.3 Å². The van der Waals surface area contributed by atoms with Crippen LogP contribution in [-0.2, 0) is 6.54 Å². The van der Waals surface area contributed by atoms with Crippen molar-refractivity contribution in [2.75, 3.05) is 38.1 Å². The van der Waals surface area contributed by atoms with Crippen molar-refractivity contribution >= 4 is 17.4 Å². The highest BCUT2D eigenvalue weighted by Gasteiger charge is 2.19. The second-order valence-electron chi connectivity index (χ2n) is 7.38. The van der Waals surface area contributed by atoms with E-state index in [1.54, 1.807) is 30.6 Å². The molecule has 0 spiro atoms. The Kier molecular flexibility index (Phi) is 5.89. The minimum Gasteiger partial charge on any atom is -0.354 e. The van der Waals surface area contributed by atoms with Gasteiger partial charge in [0.15, 0.2) is 5.69 Å². The molecule has 0 bridgehead atoms. The largest absolute Gasteiger partial charge is 0.354 e. The quantitative estimate of drug-likeness (QED) is 0.478. The van der Waals surface area contributed by atoms with Gasteiger partial charge in [-0.25, -0.2) is 9.67 Å². The van der Waals surface area contributed by atoms with Crippen LogP contribution in [0.4, 0.5) is 11.5 Å². The average molecular weight is 421 g/mol. The normalized spacial score (nSPS) is 14.4. The molecule has 0 atom stereocenters. The number of hydrogen-bond acceptors (Lipinski definition) is 7. The van der Waals surface area contributed by atoms with Gasteiger partial charge in [0.25, 0.3) is 11.6 Å². The number of amides is 1. The monoisotopic (exact) mass is 421 g/mol. The number of likely N-dealkylation sites (N-methyl/N-ethyl adjacent to an activating group) is 1. The van der Waals surface area contributed by atoms with Gasteiger partial charge in [0.05, 0.1) is 10.6 Å². The first-order valence-corrected chi connectivity index (χ1v) is 9.97. The molecule has 0 aliphatic carbocycles. The van der Waals surface area contributed by atoms with E-state index in [9.17, 15) is 14.9 Å². The molecule has 10 nitrogen and oxygen atoms in total. The minimum absolute atomic E-state index is 0.00139. The molecule has 1 fully saturated rings. The summed E-state index contributed by atoms with van der Waals surface area (Å²) in [4.78, 5) is 32.0. The number of nitrogens with one attached hydrogen (secondary N) is 1. The van der Waals surface area contributed by atoms with Crippen molar-refractivity contribution in [3.8, 4) is 5.69 Å². The molecule has 2 aromatic heterocycles. The van der Waals surface area contributed by atoms with E-state index in [2.05, 4.69) is 32.2 Å². The Hall–Kier alpha value is -3.79. The lowest BCUT2D eigenvalue weighted by atomic mass is 10.2. The van der Waals surface area contributed by atoms with Gasteiger partial charge in [0, 0.05) is 62.8 Å². The number of nitrogens with zero attached hydrogens (tertiary/aromatic N) is 6. The van der Waals surface area contributed by atoms with Crippen LogP contribution in [-0.4, -0.2) is 63.7 Å². The summed E-state index contributed by atoms with van der Waals surface area (Å²) < 4.78 is 1.51. The van der Waals surface area contributed by atoms with Gasteiger partial charge in [-0.3, -0.25) is 14.9 Å². The molecule has 1 aromatic carbocycles. The van der Waals surface area contributed by atoms with Crippen molar-refractivity contribution in [3.63, 3.8) is 0 Å². The predicted octanol–water partition coefficient (Wildman–Crippen LogP) is 1.86. The van der Waals surface area contributed by atoms with Crippen molar-refractivity contribution in [1.29, 1.82) is 0 Å². The first kappa shape index (κ1) is 20.5. The number of hydrogen-bond donors (Lipinski definition) is 1. The summed E-state index contributed by atoms with van der Waals surface area (Å²) in [6, 6.07) is 11.4. The third-order valence-electron chi connectivity index (χ3n) is 5.26. The summed E-state index contributed by atoms with van der Waals surface area (Å²) in [5.41, 5.74) is 1.86. The van der Waals surface area contributed by atoms with Gasteiger partial charge in [-0.05, 0) is 31.3 Å². The Morgan fingerprint density at radius 3 is 2.58 bits per heavy atom. The van der Waals surface area contributed by atoms with Gasteiger partial charge in [0.2, 0.25) is 0 Å². The molecular weight excluding hydrogens is 398 g/mol. The van der Waals surface area contributed by atoms with Gasteiger partial charge in [-0.2, -0.15) is 5.10 Å². The van der Waals surface area contributed by atoms with Crippen LogP contribution < -0.4 is 10.2 Å². The van der Waals surface area contributed by atoms with E-state index in [4.69, 9.17) is 0 Å². The topological polar surface area (TPSA) is 109 Å². The predicted molar refractivity (Wildman–Crippen MR) is 115 cm³/mol. The molecule has 4 rings (SSSR count). The molecule has 160 valence electrons. The third-order valence-corrected chi connectivity index (χ3v) is 5.26. The number of pyridine rings is 1. The summed E-state index contributed by atoms with van der Waals surface area (Å²) in [5.74, 6) is 0.598. The lowest BCUT2D eigenvalue weighted by molar-refractivity contribution is -0.384. The van der Waals surface area contributed by atoms with Crippen molar-refractivity contribution in [1.82, 2.24) is 25.0 Å². The second-order valence-corrected chi connectivity index (χ2v) is 7.38. The fraction of sp³-hybridized carbons (Fsp3) is 0.286. The molecule has 1 N–H and O–H groups in total. The average Bonchev–Trinajstić information content (AvgIpc) is 3.29. The zero-order valence-corrected chi connectivity index (χ0v) is 17.1. The molecular formula is C21H23N7O3. The Bertz CT molecular complexity index is 1070. The Labute approximate surface area is 179 Å². The molecule has 1 saturated heterocycles. The summed E-state index contributed by atoms with van der Waals surface area (Å²) in [7, 11) is 2.10. The van der Waals surface area contributed by atoms with Crippen molar-refractivity contribution in [2.45, 2.75) is 6.54 Å². The van der Waals surface area contributed by atoms with E-state index >= 15 is 0 Å². The van der Waals surface area contributed by atoms with Gasteiger partial charge in [-0.1, -0.05) is 6.07 Å². The maximum atomic E-state index is 12.6. The number of rotatable bonds is 6. The van der Waals surface area contributed by atoms with Crippen LogP contribution >= 0.6 is 0 Å². The third kappa shape index (κ3) is 4.69. The van der Waals surface area contributed by atoms with Gasteiger partial charge in [0.1, 0.15) is 5.82 Å². The molecule has 1 aliphatic rings. The standard InChI is InChI=1S/C21H23N7O3/c1-25-11-13-26(14-12-25)20-16(3-2-9-22-20)15-23-21(29)19-8-10-27(24-19)17-4-6-18(7-5-17)28(30)31/h2-10H,11-15H2,1H3,(H,23,29). The lowest BCUT2D eigenvalue weighted by Crippen LogP contribution is -2.45. The number of non-ortho nitro benzene ring substituents is 1.